The van der Waals surface area contributed by atoms with Crippen molar-refractivity contribution in [1.82, 2.24) is 39.5 Å². The predicted molar refractivity (Wildman–Crippen MR) is 601 cm³/mol. The van der Waals surface area contributed by atoms with Crippen LogP contribution in [-0.2, 0) is 16.2 Å². The molecule has 0 bridgehead atoms. The molecule has 21 aromatic carbocycles. The smallest absolute Gasteiger partial charge is 0.164 e. The first-order valence-corrected chi connectivity index (χ1v) is 51.4. The van der Waals surface area contributed by atoms with Crippen LogP contribution in [0.25, 0.3) is 174 Å². The normalized spacial score (nSPS) is 13.3. The molecule has 4 aromatic heterocycles. The molecule has 0 saturated heterocycles. The summed E-state index contributed by atoms with van der Waals surface area (Å²) in [4.78, 5) is 38.4. The van der Waals surface area contributed by atoms with Crippen LogP contribution >= 0.6 is 11.8 Å². The van der Waals surface area contributed by atoms with Crippen molar-refractivity contribution in [3.63, 3.8) is 0 Å². The Morgan fingerprint density at radius 3 is 1.09 bits per heavy atom. The van der Waals surface area contributed by atoms with Crippen molar-refractivity contribution in [2.24, 2.45) is 0 Å². The maximum absolute atomic E-state index is 6.59. The zero-order valence-corrected chi connectivity index (χ0v) is 81.3. The number of benzene rings is 21. The third-order valence-electron chi connectivity index (χ3n) is 30.7. The number of fused-ring (bicyclic) bond motifs is 31. The van der Waals surface area contributed by atoms with Gasteiger partial charge >= 0.3 is 0 Å². The van der Waals surface area contributed by atoms with E-state index in [1.54, 1.807) is 0 Å². The quantitative estimate of drug-likeness (QED) is 0.131. The third-order valence-corrected chi connectivity index (χ3v) is 31.8. The largest absolute Gasteiger partial charge is 0.457 e. The van der Waals surface area contributed by atoms with Crippen LogP contribution in [0.3, 0.4) is 0 Å². The number of ether oxygens (including phenoxy) is 2. The first kappa shape index (κ1) is 86.5. The summed E-state index contributed by atoms with van der Waals surface area (Å²) in [6, 6.07) is 185. The topological polar surface area (TPSA) is 114 Å². The van der Waals surface area contributed by atoms with Gasteiger partial charge in [-0.2, -0.15) is 0 Å². The summed E-state index contributed by atoms with van der Waals surface area (Å²) in [6.07, 6.45) is 0. The lowest BCUT2D eigenvalue weighted by atomic mass is 9.66. The molecule has 6 aliphatic rings. The van der Waals surface area contributed by atoms with Crippen LogP contribution in [0.5, 0.6) is 23.0 Å². The van der Waals surface area contributed by atoms with Crippen LogP contribution in [0.2, 0.25) is 0 Å². The van der Waals surface area contributed by atoms with E-state index in [0.717, 1.165) is 135 Å². The van der Waals surface area contributed by atoms with E-state index < -0.39 is 10.8 Å². The fourth-order valence-corrected chi connectivity index (χ4v) is 25.6. The van der Waals surface area contributed by atoms with Crippen molar-refractivity contribution in [2.45, 2.75) is 26.0 Å². The van der Waals surface area contributed by atoms with Crippen molar-refractivity contribution in [1.29, 1.82) is 0 Å². The monoisotopic (exact) mass is 1920 g/mol. The second-order valence-corrected chi connectivity index (χ2v) is 39.6. The molecule has 696 valence electrons. The highest BCUT2D eigenvalue weighted by molar-refractivity contribution is 7.99. The van der Waals surface area contributed by atoms with Crippen molar-refractivity contribution < 1.29 is 9.47 Å². The number of rotatable bonds is 10. The van der Waals surface area contributed by atoms with Crippen LogP contribution in [0.15, 0.2) is 531 Å². The Kier molecular flexibility index (Phi) is 20.4. The van der Waals surface area contributed by atoms with E-state index in [1.807, 2.05) is 103 Å². The molecule has 3 spiro atoms. The van der Waals surface area contributed by atoms with Crippen molar-refractivity contribution in [3.8, 4) is 164 Å². The minimum atomic E-state index is -0.595. The minimum absolute atomic E-state index is 0.369. The Labute approximate surface area is 865 Å². The van der Waals surface area contributed by atoms with Gasteiger partial charge in [-0.15, -0.1) is 0 Å². The van der Waals surface area contributed by atoms with E-state index in [9.17, 15) is 0 Å². The van der Waals surface area contributed by atoms with Crippen LogP contribution in [0.4, 0.5) is 0 Å². The van der Waals surface area contributed by atoms with E-state index in [-0.39, 0.29) is 5.41 Å². The highest BCUT2D eigenvalue weighted by Crippen LogP contribution is 2.67. The molecule has 0 fully saturated rings. The van der Waals surface area contributed by atoms with Crippen molar-refractivity contribution >= 4 is 44.5 Å². The third kappa shape index (κ3) is 13.7. The molecule has 149 heavy (non-hydrogen) atoms. The summed E-state index contributed by atoms with van der Waals surface area (Å²) < 4.78 is 15.4. The molecule has 3 aliphatic heterocycles. The highest BCUT2D eigenvalue weighted by Gasteiger charge is 2.55. The van der Waals surface area contributed by atoms with Crippen molar-refractivity contribution in [2.75, 3.05) is 0 Å². The lowest BCUT2D eigenvalue weighted by Crippen LogP contribution is -2.32. The predicted octanol–water partition coefficient (Wildman–Crippen LogP) is 33.8. The fourth-order valence-electron chi connectivity index (χ4n) is 24.4. The Morgan fingerprint density at radius 2 is 0.537 bits per heavy atom. The van der Waals surface area contributed by atoms with E-state index >= 15 is 0 Å². The van der Waals surface area contributed by atoms with Gasteiger partial charge in [-0.25, -0.2) is 34.9 Å². The van der Waals surface area contributed by atoms with Gasteiger partial charge in [0.15, 0.2) is 29.1 Å². The number of aromatic nitrogens is 8. The molecule has 7 heterocycles. The number of hydrogen-bond donors (Lipinski definition) is 0. The SMILES string of the molecule is c1ccc(-c2cc(-c3ccc(-c4cccc5c4-c4ccccc4C54c5ccccc5Oc5ccccc54)cc3)nc(-c3ccccc3)n2)cc1.c1ccc(-c2nc(-c3ccc4c(c3)-c3ccccc3C43c4ccccc4Sc4ccccc43)c3ccccc3n2)cc1.c1ccc(-c2nc(-c3cccc(-n4c5ccccc5c5ccccc54)c3)nc(-c3ccc4c(c3)C3(c5ccccc5Oc5ccccc53)c3ccccc3-4)n2)cc1. The fraction of sp³-hybridized carbons (Fsp3) is 0.0217. The highest BCUT2D eigenvalue weighted by atomic mass is 32.2. The lowest BCUT2D eigenvalue weighted by Gasteiger charge is -2.39. The standard InChI is InChI=1S/C52H32N4O.C47H30N2O.C39H24N2S/c1-2-15-33(16-3-1)49-53-50(34-17-14-18-36(31-34)56-45-25-10-5-20-39(45)40-21-6-11-26-46(40)56)55-51(54-49)35-29-30-38-37-19-4-7-22-41(37)52(44(38)32-35)42-23-8-12-27-47(42)57-48-28-13-9-24-43(48)52;1-3-14-32(15-4-1)41-30-42(49-46(48-41)34-16-5-2-6-17-34)33-28-26-31(27-29-33)35-19-13-23-40-45(35)36-18-7-8-20-37(36)47(40)38-21-9-11-24-43(38)50-44-25-12-10-22-39(44)47;1-2-12-25(13-3-1)38-40-34-19-9-5-15-28(34)37(41-38)26-22-23-31-29(24-26)27-14-4-6-16-30(27)39(31)32-17-7-10-20-35(32)42-36-21-11-8-18-33(36)39/h1-32H;1-30H;1-24H. The van der Waals surface area contributed by atoms with Gasteiger partial charge in [0.1, 0.15) is 23.0 Å². The van der Waals surface area contributed by atoms with Gasteiger partial charge in [0.25, 0.3) is 0 Å². The van der Waals surface area contributed by atoms with Gasteiger partial charge in [-0.1, -0.05) is 449 Å². The molecule has 0 saturated carbocycles. The summed E-state index contributed by atoms with van der Waals surface area (Å²) in [5.41, 5.74) is 38.4. The van der Waals surface area contributed by atoms with Gasteiger partial charge < -0.3 is 14.0 Å². The average molecular weight is 1920 g/mol. The van der Waals surface area contributed by atoms with Crippen LogP contribution in [0.1, 0.15) is 66.8 Å². The summed E-state index contributed by atoms with van der Waals surface area (Å²) >= 11 is 1.88. The first-order valence-electron chi connectivity index (χ1n) is 50.5. The summed E-state index contributed by atoms with van der Waals surface area (Å²) in [5.74, 6) is 6.84. The molecule has 31 rings (SSSR count). The molecule has 0 radical (unpaired) electrons. The molecule has 10 nitrogen and oxygen atoms in total. The zero-order chi connectivity index (χ0) is 98.2. The molecular formula is C138H86N8O2S. The van der Waals surface area contributed by atoms with Crippen LogP contribution < -0.4 is 9.47 Å². The molecule has 25 aromatic rings. The van der Waals surface area contributed by atoms with Crippen LogP contribution in [-0.4, -0.2) is 39.5 Å². The molecule has 0 amide bonds. The summed E-state index contributed by atoms with van der Waals surface area (Å²) in [5, 5.41) is 3.50. The molecule has 3 aliphatic carbocycles. The first-order chi connectivity index (χ1) is 73.9. The Bertz CT molecular complexity index is 9480. The number of para-hydroxylation sites is 7. The lowest BCUT2D eigenvalue weighted by molar-refractivity contribution is 0.436. The van der Waals surface area contributed by atoms with Gasteiger partial charge in [0, 0.05) is 98.4 Å². The van der Waals surface area contributed by atoms with E-state index in [0.29, 0.717) is 23.3 Å². The molecule has 11 heteroatoms. The van der Waals surface area contributed by atoms with Gasteiger partial charge in [0.05, 0.1) is 49.9 Å². The molecule has 0 unspecified atom stereocenters. The Hall–Kier alpha value is -19.2. The minimum Gasteiger partial charge on any atom is -0.457 e. The average Bonchev–Trinajstić information content (AvgIpc) is 1.22. The summed E-state index contributed by atoms with van der Waals surface area (Å²) in [7, 11) is 0. The molecule has 0 atom stereocenters. The maximum atomic E-state index is 6.59. The van der Waals surface area contributed by atoms with Gasteiger partial charge in [0.2, 0.25) is 0 Å². The second kappa shape index (κ2) is 35.1. The molecular weight excluding hydrogens is 1830 g/mol. The van der Waals surface area contributed by atoms with E-state index in [2.05, 4.69) is 435 Å². The second-order valence-electron chi connectivity index (χ2n) is 38.6. The zero-order valence-electron chi connectivity index (χ0n) is 80.5. The van der Waals surface area contributed by atoms with Crippen LogP contribution in [0, 0.1) is 0 Å². The number of nitrogens with zero attached hydrogens (tertiary/aromatic N) is 8. The van der Waals surface area contributed by atoms with Gasteiger partial charge in [-0.05, 0) is 174 Å². The number of hydrogen-bond acceptors (Lipinski definition) is 10. The Morgan fingerprint density at radius 1 is 0.188 bits per heavy atom. The van der Waals surface area contributed by atoms with Gasteiger partial charge in [-0.3, -0.25) is 0 Å². The van der Waals surface area contributed by atoms with E-state index in [1.165, 1.54) is 115 Å². The van der Waals surface area contributed by atoms with E-state index in [4.69, 9.17) is 44.4 Å². The summed E-state index contributed by atoms with van der Waals surface area (Å²) in [6.45, 7) is 0. The maximum Gasteiger partial charge on any atom is 0.164 e. The Balaban J connectivity index is 0.000000106. The molecule has 0 N–H and O–H groups in total. The van der Waals surface area contributed by atoms with Crippen molar-refractivity contribution in [3.05, 3.63) is 588 Å².